The van der Waals surface area contributed by atoms with E-state index in [0.29, 0.717) is 5.92 Å². The van der Waals surface area contributed by atoms with Crippen LogP contribution in [0.25, 0.3) is 0 Å². The molecule has 0 N–H and O–H groups in total. The summed E-state index contributed by atoms with van der Waals surface area (Å²) in [6.45, 7) is 15.4. The molecule has 0 heterocycles. The van der Waals surface area contributed by atoms with E-state index in [1.165, 1.54) is 11.1 Å². The van der Waals surface area contributed by atoms with Crippen molar-refractivity contribution in [1.82, 2.24) is 0 Å². The van der Waals surface area contributed by atoms with E-state index in [2.05, 4.69) is 38.8 Å². The molecule has 0 aromatic rings. The Morgan fingerprint density at radius 1 is 1.07 bits per heavy atom. The van der Waals surface area contributed by atoms with Crippen molar-refractivity contribution in [1.29, 1.82) is 0 Å². The summed E-state index contributed by atoms with van der Waals surface area (Å²) in [5.74, 6) is 0.335. The van der Waals surface area contributed by atoms with Crippen molar-refractivity contribution in [3.8, 4) is 0 Å². The Bertz CT molecular complexity index is 311. The molecule has 0 saturated carbocycles. The van der Waals surface area contributed by atoms with Gasteiger partial charge in [-0.15, -0.1) is 0 Å². The molecule has 0 rings (SSSR count). The lowest BCUT2D eigenvalue weighted by molar-refractivity contribution is 0.846. The Morgan fingerprint density at radius 3 is 2.13 bits per heavy atom. The fourth-order valence-electron chi connectivity index (χ4n) is 1.39. The van der Waals surface area contributed by atoms with E-state index in [1.54, 1.807) is 12.2 Å². The summed E-state index contributed by atoms with van der Waals surface area (Å²) in [6, 6.07) is 0. The van der Waals surface area contributed by atoms with Crippen LogP contribution in [0.4, 0.5) is 0 Å². The lowest BCUT2D eigenvalue weighted by Gasteiger charge is -2.13. The predicted molar refractivity (Wildman–Crippen MR) is 70.7 cm³/mol. The zero-order chi connectivity index (χ0) is 11.7. The van der Waals surface area contributed by atoms with Crippen LogP contribution in [0.3, 0.4) is 0 Å². The second-order valence-electron chi connectivity index (χ2n) is 3.21. The summed E-state index contributed by atoms with van der Waals surface area (Å²) in [5.41, 5.74) is 2.43. The van der Waals surface area contributed by atoms with Gasteiger partial charge in [-0.05, 0) is 18.1 Å². The lowest BCUT2D eigenvalue weighted by atomic mass is 9.91. The normalized spacial score (nSPS) is 15.1. The van der Waals surface area contributed by atoms with Crippen LogP contribution < -0.4 is 0 Å². The van der Waals surface area contributed by atoms with Crippen LogP contribution in [-0.4, -0.2) is 0 Å². The quantitative estimate of drug-likeness (QED) is 0.549. The van der Waals surface area contributed by atoms with E-state index in [-0.39, 0.29) is 0 Å². The topological polar surface area (TPSA) is 0 Å². The molecule has 0 aromatic heterocycles. The first-order chi connectivity index (χ1) is 7.21. The first-order valence-electron chi connectivity index (χ1n) is 5.11. The molecule has 80 valence electrons. The highest BCUT2D eigenvalue weighted by Crippen LogP contribution is 2.21. The molecule has 0 aromatic carbocycles. The Labute approximate surface area is 93.7 Å². The Hall–Kier alpha value is -1.56. The summed E-state index contributed by atoms with van der Waals surface area (Å²) in [4.78, 5) is 0. The van der Waals surface area contributed by atoms with Gasteiger partial charge in [0.2, 0.25) is 0 Å². The molecule has 1 unspecified atom stereocenters. The maximum atomic E-state index is 3.81. The first kappa shape index (κ1) is 13.4. The summed E-state index contributed by atoms with van der Waals surface area (Å²) >= 11 is 0. The van der Waals surface area contributed by atoms with Gasteiger partial charge >= 0.3 is 0 Å². The van der Waals surface area contributed by atoms with Crippen LogP contribution in [0.2, 0.25) is 0 Å². The van der Waals surface area contributed by atoms with E-state index in [9.17, 15) is 0 Å². The predicted octanol–water partition coefficient (Wildman–Crippen LogP) is 4.61. The molecule has 0 spiro atoms. The second-order valence-corrected chi connectivity index (χ2v) is 3.21. The molecule has 0 saturated heterocycles. The number of hydrogen-bond donors (Lipinski definition) is 0. The van der Waals surface area contributed by atoms with Crippen molar-refractivity contribution in [2.75, 3.05) is 0 Å². The average molecular weight is 200 g/mol. The van der Waals surface area contributed by atoms with Gasteiger partial charge in [-0.25, -0.2) is 0 Å². The first-order valence-corrected chi connectivity index (χ1v) is 5.11. The Kier molecular flexibility index (Phi) is 7.00. The fraction of sp³-hybridized carbons (Fsp3) is 0.200. The van der Waals surface area contributed by atoms with Crippen molar-refractivity contribution in [3.05, 3.63) is 73.4 Å². The van der Waals surface area contributed by atoms with Gasteiger partial charge in [0.25, 0.3) is 0 Å². The summed E-state index contributed by atoms with van der Waals surface area (Å²) < 4.78 is 0. The van der Waals surface area contributed by atoms with Crippen LogP contribution in [-0.2, 0) is 0 Å². The molecule has 0 aliphatic rings. The minimum absolute atomic E-state index is 0.335. The molecule has 0 aliphatic carbocycles. The molecule has 1 atom stereocenters. The molecule has 0 nitrogen and oxygen atoms in total. The number of hydrogen-bond acceptors (Lipinski definition) is 0. The highest BCUT2D eigenvalue weighted by atomic mass is 14.1. The standard InChI is InChI=1S/C15H20/c1-6-10-12-15(9-4)13(5)14(8-3)11-7-2/h6-13H,1-3H2,4-5H3/b12-10-,14-11+,15-9+. The van der Waals surface area contributed by atoms with E-state index in [0.717, 1.165) is 0 Å². The smallest absolute Gasteiger partial charge is 0.00575 e. The maximum absolute atomic E-state index is 3.81. The van der Waals surface area contributed by atoms with Gasteiger partial charge < -0.3 is 0 Å². The zero-order valence-electron chi connectivity index (χ0n) is 9.74. The maximum Gasteiger partial charge on any atom is 0.00575 e. The van der Waals surface area contributed by atoms with E-state index < -0.39 is 0 Å². The molecular weight excluding hydrogens is 180 g/mol. The van der Waals surface area contributed by atoms with Crippen molar-refractivity contribution in [3.63, 3.8) is 0 Å². The van der Waals surface area contributed by atoms with Gasteiger partial charge in [0.1, 0.15) is 0 Å². The van der Waals surface area contributed by atoms with Crippen LogP contribution in [0, 0.1) is 5.92 Å². The van der Waals surface area contributed by atoms with Gasteiger partial charge in [0.15, 0.2) is 0 Å². The SMILES string of the molecule is C=C/C=C\C(=C/C)C(C)/C(C=C)=C/C=C. The summed E-state index contributed by atoms with van der Waals surface area (Å²) in [5, 5.41) is 0. The van der Waals surface area contributed by atoms with Crippen molar-refractivity contribution in [2.45, 2.75) is 13.8 Å². The monoisotopic (exact) mass is 200 g/mol. The zero-order valence-corrected chi connectivity index (χ0v) is 9.74. The molecule has 0 fully saturated rings. The summed E-state index contributed by atoms with van der Waals surface area (Å²) in [7, 11) is 0. The molecule has 0 amide bonds. The Balaban J connectivity index is 4.93. The van der Waals surface area contributed by atoms with Gasteiger partial charge in [-0.1, -0.05) is 69.2 Å². The molecular formula is C15H20. The van der Waals surface area contributed by atoms with E-state index in [1.807, 2.05) is 25.2 Å². The van der Waals surface area contributed by atoms with Gasteiger partial charge in [-0.3, -0.25) is 0 Å². The molecule has 0 heteroatoms. The third-order valence-electron chi connectivity index (χ3n) is 2.30. The van der Waals surface area contributed by atoms with Gasteiger partial charge in [0, 0.05) is 5.92 Å². The van der Waals surface area contributed by atoms with Crippen molar-refractivity contribution < 1.29 is 0 Å². The van der Waals surface area contributed by atoms with Crippen LogP contribution in [0.15, 0.2) is 73.4 Å². The van der Waals surface area contributed by atoms with Gasteiger partial charge in [0.05, 0.1) is 0 Å². The van der Waals surface area contributed by atoms with Crippen molar-refractivity contribution >= 4 is 0 Å². The minimum atomic E-state index is 0.335. The van der Waals surface area contributed by atoms with Gasteiger partial charge in [-0.2, -0.15) is 0 Å². The molecule has 15 heavy (non-hydrogen) atoms. The average Bonchev–Trinajstić information content (AvgIpc) is 2.26. The molecule has 0 bridgehead atoms. The second kappa shape index (κ2) is 7.81. The number of rotatable bonds is 6. The highest BCUT2D eigenvalue weighted by molar-refractivity contribution is 5.35. The van der Waals surface area contributed by atoms with Crippen LogP contribution in [0.1, 0.15) is 13.8 Å². The third-order valence-corrected chi connectivity index (χ3v) is 2.30. The third kappa shape index (κ3) is 4.46. The summed E-state index contributed by atoms with van der Waals surface area (Å²) in [6.07, 6.45) is 13.5. The molecule has 0 aliphatic heterocycles. The van der Waals surface area contributed by atoms with Crippen LogP contribution >= 0.6 is 0 Å². The largest absolute Gasteiger partial charge is 0.0991 e. The van der Waals surface area contributed by atoms with Crippen LogP contribution in [0.5, 0.6) is 0 Å². The highest BCUT2D eigenvalue weighted by Gasteiger charge is 2.07. The van der Waals surface area contributed by atoms with E-state index in [4.69, 9.17) is 0 Å². The number of allylic oxidation sites excluding steroid dienone is 9. The van der Waals surface area contributed by atoms with Crippen molar-refractivity contribution in [2.24, 2.45) is 5.92 Å². The lowest BCUT2D eigenvalue weighted by Crippen LogP contribution is -1.99. The minimum Gasteiger partial charge on any atom is -0.0991 e. The Morgan fingerprint density at radius 2 is 1.73 bits per heavy atom. The molecule has 0 radical (unpaired) electrons. The van der Waals surface area contributed by atoms with E-state index >= 15 is 0 Å². The fourth-order valence-corrected chi connectivity index (χ4v) is 1.39.